The summed E-state index contributed by atoms with van der Waals surface area (Å²) in [6.45, 7) is 6.23. The lowest BCUT2D eigenvalue weighted by Gasteiger charge is -2.09. The van der Waals surface area contributed by atoms with Gasteiger partial charge >= 0.3 is 0 Å². The smallest absolute Gasteiger partial charge is 0.268 e. The van der Waals surface area contributed by atoms with Gasteiger partial charge in [0, 0.05) is 6.20 Å². The fourth-order valence-electron chi connectivity index (χ4n) is 2.01. The lowest BCUT2D eigenvalue weighted by Crippen LogP contribution is -2.17. The van der Waals surface area contributed by atoms with Crippen LogP contribution in [-0.4, -0.2) is 9.38 Å². The van der Waals surface area contributed by atoms with E-state index in [1.54, 1.807) is 6.20 Å². The van der Waals surface area contributed by atoms with E-state index in [0.717, 1.165) is 18.4 Å². The highest BCUT2D eigenvalue weighted by Gasteiger charge is 2.12. The molecule has 4 heteroatoms. The topological polar surface area (TPSA) is 34.4 Å². The molecule has 0 aliphatic rings. The maximum absolute atomic E-state index is 12.2. The molecule has 0 aromatic carbocycles. The SMILES string of the molecule is C=C(CCCCC)c1nc2ccccn2c(=O)c1Br. The zero-order valence-corrected chi connectivity index (χ0v) is 12.6. The average Bonchev–Trinajstić information content (AvgIpc) is 2.43. The van der Waals surface area contributed by atoms with Crippen LogP contribution < -0.4 is 5.56 Å². The number of allylic oxidation sites excluding steroid dienone is 1. The Bertz CT molecular complexity index is 661. The summed E-state index contributed by atoms with van der Waals surface area (Å²) in [5.74, 6) is 0. The molecule has 0 N–H and O–H groups in total. The van der Waals surface area contributed by atoms with Crippen LogP contribution in [0, 0.1) is 0 Å². The van der Waals surface area contributed by atoms with E-state index in [9.17, 15) is 4.79 Å². The fraction of sp³-hybridized carbons (Fsp3) is 0.333. The van der Waals surface area contributed by atoms with Crippen LogP contribution in [0.5, 0.6) is 0 Å². The van der Waals surface area contributed by atoms with Gasteiger partial charge in [-0.3, -0.25) is 9.20 Å². The maximum Gasteiger partial charge on any atom is 0.272 e. The molecule has 2 aromatic rings. The number of hydrogen-bond acceptors (Lipinski definition) is 2. The average molecular weight is 321 g/mol. The number of aromatic nitrogens is 2. The summed E-state index contributed by atoms with van der Waals surface area (Å²) in [5.41, 5.74) is 2.18. The van der Waals surface area contributed by atoms with Gasteiger partial charge in [-0.15, -0.1) is 0 Å². The molecule has 3 nitrogen and oxygen atoms in total. The predicted octanol–water partition coefficient (Wildman–Crippen LogP) is 4.05. The number of fused-ring (bicyclic) bond motifs is 1. The molecule has 19 heavy (non-hydrogen) atoms. The molecule has 0 radical (unpaired) electrons. The summed E-state index contributed by atoms with van der Waals surface area (Å²) in [6, 6.07) is 5.52. The largest absolute Gasteiger partial charge is 0.272 e. The Balaban J connectivity index is 2.41. The van der Waals surface area contributed by atoms with Crippen LogP contribution in [0.4, 0.5) is 0 Å². The second kappa shape index (κ2) is 6.15. The van der Waals surface area contributed by atoms with Gasteiger partial charge in [0.2, 0.25) is 0 Å². The number of halogens is 1. The number of hydrogen-bond donors (Lipinski definition) is 0. The molecule has 2 heterocycles. The Hall–Kier alpha value is -1.42. The van der Waals surface area contributed by atoms with Gasteiger partial charge in [0.05, 0.1) is 5.69 Å². The summed E-state index contributed by atoms with van der Waals surface area (Å²) in [5, 5.41) is 0. The number of unbranched alkanes of at least 4 members (excludes halogenated alkanes) is 2. The normalized spacial score (nSPS) is 10.8. The monoisotopic (exact) mass is 320 g/mol. The molecule has 0 atom stereocenters. The molecule has 0 unspecified atom stereocenters. The van der Waals surface area contributed by atoms with E-state index in [4.69, 9.17) is 0 Å². The zero-order valence-electron chi connectivity index (χ0n) is 11.0. The summed E-state index contributed by atoms with van der Waals surface area (Å²) in [4.78, 5) is 16.7. The van der Waals surface area contributed by atoms with Crippen molar-refractivity contribution in [2.75, 3.05) is 0 Å². The van der Waals surface area contributed by atoms with E-state index in [-0.39, 0.29) is 5.56 Å². The van der Waals surface area contributed by atoms with E-state index in [1.807, 2.05) is 18.2 Å². The molecular formula is C15H17BrN2O. The third-order valence-electron chi connectivity index (χ3n) is 3.10. The summed E-state index contributed by atoms with van der Waals surface area (Å²) >= 11 is 3.35. The van der Waals surface area contributed by atoms with Crippen molar-refractivity contribution in [2.45, 2.75) is 32.6 Å². The highest BCUT2D eigenvalue weighted by molar-refractivity contribution is 9.10. The molecule has 2 rings (SSSR count). The lowest BCUT2D eigenvalue weighted by molar-refractivity contribution is 0.734. The van der Waals surface area contributed by atoms with Crippen LogP contribution in [0.25, 0.3) is 11.2 Å². The first-order chi connectivity index (χ1) is 9.15. The van der Waals surface area contributed by atoms with Gasteiger partial charge in [-0.1, -0.05) is 32.4 Å². The van der Waals surface area contributed by atoms with Crippen molar-refractivity contribution < 1.29 is 0 Å². The maximum atomic E-state index is 12.2. The Morgan fingerprint density at radius 3 is 2.95 bits per heavy atom. The highest BCUT2D eigenvalue weighted by atomic mass is 79.9. The highest BCUT2D eigenvalue weighted by Crippen LogP contribution is 2.23. The molecule has 0 saturated carbocycles. The molecular weight excluding hydrogens is 304 g/mol. The van der Waals surface area contributed by atoms with Crippen molar-refractivity contribution in [3.05, 3.63) is 51.5 Å². The lowest BCUT2D eigenvalue weighted by atomic mass is 10.1. The zero-order chi connectivity index (χ0) is 13.8. The first kappa shape index (κ1) is 14.0. The van der Waals surface area contributed by atoms with Crippen molar-refractivity contribution in [3.8, 4) is 0 Å². The van der Waals surface area contributed by atoms with Gasteiger partial charge in [-0.05, 0) is 46.5 Å². The summed E-state index contributed by atoms with van der Waals surface area (Å²) < 4.78 is 2.03. The first-order valence-corrected chi connectivity index (χ1v) is 7.29. The van der Waals surface area contributed by atoms with Crippen molar-refractivity contribution in [1.82, 2.24) is 9.38 Å². The van der Waals surface area contributed by atoms with E-state index >= 15 is 0 Å². The molecule has 0 fully saturated rings. The minimum atomic E-state index is -0.0859. The quantitative estimate of drug-likeness (QED) is 0.779. The fourth-order valence-corrected chi connectivity index (χ4v) is 2.57. The molecule has 100 valence electrons. The van der Waals surface area contributed by atoms with Crippen LogP contribution in [-0.2, 0) is 0 Å². The van der Waals surface area contributed by atoms with E-state index in [0.29, 0.717) is 15.8 Å². The van der Waals surface area contributed by atoms with Gasteiger partial charge in [0.1, 0.15) is 10.1 Å². The van der Waals surface area contributed by atoms with Crippen LogP contribution in [0.3, 0.4) is 0 Å². The Morgan fingerprint density at radius 1 is 1.42 bits per heavy atom. The predicted molar refractivity (Wildman–Crippen MR) is 82.3 cm³/mol. The molecule has 0 aliphatic heterocycles. The third-order valence-corrected chi connectivity index (χ3v) is 3.81. The number of rotatable bonds is 5. The van der Waals surface area contributed by atoms with Crippen LogP contribution in [0.15, 0.2) is 40.2 Å². The Morgan fingerprint density at radius 2 is 2.21 bits per heavy atom. The summed E-state index contributed by atoms with van der Waals surface area (Å²) in [6.07, 6.45) is 6.02. The van der Waals surface area contributed by atoms with Gasteiger partial charge in [0.15, 0.2) is 0 Å². The van der Waals surface area contributed by atoms with Crippen molar-refractivity contribution in [1.29, 1.82) is 0 Å². The molecule has 0 aliphatic carbocycles. The molecule has 0 bridgehead atoms. The van der Waals surface area contributed by atoms with Crippen LogP contribution in [0.2, 0.25) is 0 Å². The van der Waals surface area contributed by atoms with Crippen LogP contribution >= 0.6 is 15.9 Å². The molecule has 0 saturated heterocycles. The van der Waals surface area contributed by atoms with Gasteiger partial charge in [-0.25, -0.2) is 4.98 Å². The Labute approximate surface area is 121 Å². The van der Waals surface area contributed by atoms with E-state index in [2.05, 4.69) is 34.4 Å². The van der Waals surface area contributed by atoms with Crippen molar-refractivity contribution >= 4 is 27.2 Å². The first-order valence-electron chi connectivity index (χ1n) is 6.50. The van der Waals surface area contributed by atoms with Crippen molar-refractivity contribution in [3.63, 3.8) is 0 Å². The number of pyridine rings is 1. The van der Waals surface area contributed by atoms with Gasteiger partial charge in [0.25, 0.3) is 5.56 Å². The van der Waals surface area contributed by atoms with Gasteiger partial charge < -0.3 is 0 Å². The minimum absolute atomic E-state index is 0.0859. The molecule has 0 amide bonds. The van der Waals surface area contributed by atoms with E-state index in [1.165, 1.54) is 17.2 Å². The van der Waals surface area contributed by atoms with E-state index < -0.39 is 0 Å². The molecule has 2 aromatic heterocycles. The number of nitrogens with zero attached hydrogens (tertiary/aromatic N) is 2. The van der Waals surface area contributed by atoms with Gasteiger partial charge in [-0.2, -0.15) is 0 Å². The minimum Gasteiger partial charge on any atom is -0.268 e. The van der Waals surface area contributed by atoms with Crippen molar-refractivity contribution in [2.24, 2.45) is 0 Å². The van der Waals surface area contributed by atoms with Crippen LogP contribution in [0.1, 0.15) is 38.3 Å². The second-order valence-electron chi connectivity index (χ2n) is 4.57. The summed E-state index contributed by atoms with van der Waals surface area (Å²) in [7, 11) is 0. The standard InChI is InChI=1S/C15H17BrN2O/c1-3-4-5-8-11(2)14-13(16)15(19)18-10-7-6-9-12(18)17-14/h6-7,9-10H,2-5,8H2,1H3. The Kier molecular flexibility index (Phi) is 4.53. The third kappa shape index (κ3) is 2.95. The molecule has 0 spiro atoms. The second-order valence-corrected chi connectivity index (χ2v) is 5.36.